The van der Waals surface area contributed by atoms with E-state index in [1.165, 1.54) is 6.07 Å². The van der Waals surface area contributed by atoms with Gasteiger partial charge >= 0.3 is 29.6 Å². The molecule has 8 rings (SSSR count). The van der Waals surface area contributed by atoms with Gasteiger partial charge in [-0.15, -0.1) is 0 Å². The topological polar surface area (TPSA) is 99.2 Å². The van der Waals surface area contributed by atoms with Crippen molar-refractivity contribution in [3.8, 4) is 22.6 Å². The molecule has 0 saturated heterocycles. The summed E-state index contributed by atoms with van der Waals surface area (Å²) < 4.78 is 13.2. The van der Waals surface area contributed by atoms with Crippen LogP contribution in [0.4, 0.5) is 0 Å². The Morgan fingerprint density at radius 3 is 1.74 bits per heavy atom. The Kier molecular flexibility index (Phi) is 9.99. The van der Waals surface area contributed by atoms with Gasteiger partial charge in [-0.3, -0.25) is 9.59 Å². The van der Waals surface area contributed by atoms with Gasteiger partial charge in [0.05, 0.1) is 5.97 Å². The van der Waals surface area contributed by atoms with Crippen LogP contribution in [0, 0.1) is 0 Å². The quantitative estimate of drug-likeness (QED) is 0.191. The molecule has 4 aliphatic rings. The van der Waals surface area contributed by atoms with Gasteiger partial charge < -0.3 is 29.2 Å². The number of carboxylic acids is 1. The number of amides is 2. The summed E-state index contributed by atoms with van der Waals surface area (Å²) in [5.74, 6) is -0.0792. The zero-order chi connectivity index (χ0) is 33.6. The fraction of sp³-hybridized carbons (Fsp3) is 0.325. The van der Waals surface area contributed by atoms with Gasteiger partial charge in [0, 0.05) is 52.4 Å². The summed E-state index contributed by atoms with van der Waals surface area (Å²) in [6.07, 6.45) is 7.85. The SMILES string of the molecule is O=C([O-])c1cc(-c2cccc(C(Oc3ccc4c(c3)CN(C3CCCC3)C4=O)Oc3ccc4c(c3)CN(C3CCCC3)C4=O)c2)ccc1Cl.[Na+]. The molecule has 2 amide bonds. The number of nitrogens with zero attached hydrogens (tertiary/aromatic N) is 2. The van der Waals surface area contributed by atoms with Crippen molar-refractivity contribution in [1.82, 2.24) is 9.80 Å². The van der Waals surface area contributed by atoms with Crippen LogP contribution in [-0.4, -0.2) is 39.7 Å². The second-order valence-corrected chi connectivity index (χ2v) is 14.0. The summed E-state index contributed by atoms with van der Waals surface area (Å²) in [5, 5.41) is 11.8. The zero-order valence-corrected chi connectivity index (χ0v) is 30.8. The van der Waals surface area contributed by atoms with Crippen molar-refractivity contribution in [3.05, 3.63) is 117 Å². The van der Waals surface area contributed by atoms with E-state index in [1.54, 1.807) is 24.3 Å². The van der Waals surface area contributed by atoms with Gasteiger partial charge in [-0.05, 0) is 103 Å². The van der Waals surface area contributed by atoms with Crippen molar-refractivity contribution in [2.24, 2.45) is 0 Å². The van der Waals surface area contributed by atoms with E-state index in [0.717, 1.165) is 68.1 Å². The average Bonchev–Trinajstić information content (AvgIpc) is 3.93. The number of carboxylic acid groups (broad SMARTS) is 1. The van der Waals surface area contributed by atoms with Crippen molar-refractivity contribution in [2.75, 3.05) is 0 Å². The predicted octanol–water partition coefficient (Wildman–Crippen LogP) is 4.33. The number of hydrogen-bond acceptors (Lipinski definition) is 6. The van der Waals surface area contributed by atoms with Crippen LogP contribution in [0.15, 0.2) is 78.9 Å². The Labute approximate surface area is 318 Å². The minimum Gasteiger partial charge on any atom is -0.545 e. The van der Waals surface area contributed by atoms with E-state index in [1.807, 2.05) is 58.3 Å². The third kappa shape index (κ3) is 6.66. The van der Waals surface area contributed by atoms with Crippen LogP contribution in [0.1, 0.15) is 105 Å². The first-order valence-electron chi connectivity index (χ1n) is 17.1. The molecule has 0 spiro atoms. The first kappa shape index (κ1) is 34.6. The Morgan fingerprint density at radius 1 is 0.700 bits per heavy atom. The minimum absolute atomic E-state index is 0. The van der Waals surface area contributed by atoms with Crippen LogP contribution in [0.5, 0.6) is 11.5 Å². The molecule has 0 aromatic heterocycles. The number of benzene rings is 4. The second-order valence-electron chi connectivity index (χ2n) is 13.6. The molecule has 0 radical (unpaired) electrons. The van der Waals surface area contributed by atoms with Gasteiger partial charge in [0.2, 0.25) is 0 Å². The molecule has 0 atom stereocenters. The van der Waals surface area contributed by atoms with Crippen molar-refractivity contribution in [3.63, 3.8) is 0 Å². The first-order valence-corrected chi connectivity index (χ1v) is 17.5. The van der Waals surface area contributed by atoms with Gasteiger partial charge in [-0.2, -0.15) is 0 Å². The fourth-order valence-corrected chi connectivity index (χ4v) is 8.14. The normalized spacial score (nSPS) is 17.3. The van der Waals surface area contributed by atoms with E-state index in [4.69, 9.17) is 21.1 Å². The van der Waals surface area contributed by atoms with Crippen LogP contribution >= 0.6 is 11.6 Å². The standard InChI is InChI=1S/C40H37ClN2O6.Na/c41-36-17-12-25(21-35(36)39(46)47)24-6-5-7-26(18-24)40(48-31-13-15-33-27(19-31)22-42(37(33)44)29-8-1-2-9-29)49-32-14-16-34-28(20-32)23-43(38(34)45)30-10-3-4-11-30;/h5-7,12-21,29-30,40H,1-4,8-11,22-23H2,(H,46,47);/q;+1/p-1. The fourth-order valence-electron chi connectivity index (χ4n) is 7.94. The maximum absolute atomic E-state index is 13.2. The van der Waals surface area contributed by atoms with Gasteiger partial charge in [-0.1, -0.05) is 61.5 Å². The third-order valence-corrected chi connectivity index (χ3v) is 10.8. The van der Waals surface area contributed by atoms with Crippen molar-refractivity contribution < 1.29 is 58.5 Å². The Hall–Kier alpha value is -3.82. The number of carbonyl (C=O) groups is 3. The summed E-state index contributed by atoms with van der Waals surface area (Å²) in [5.41, 5.74) is 5.27. The van der Waals surface area contributed by atoms with Gasteiger partial charge in [-0.25, -0.2) is 0 Å². The van der Waals surface area contributed by atoms with Gasteiger partial charge in [0.1, 0.15) is 11.5 Å². The number of ether oxygens (including phenoxy) is 2. The van der Waals surface area contributed by atoms with Crippen LogP contribution < -0.4 is 44.1 Å². The Balaban J connectivity index is 0.00000392. The second kappa shape index (κ2) is 14.4. The molecule has 2 aliphatic heterocycles. The van der Waals surface area contributed by atoms with Crippen molar-refractivity contribution >= 4 is 29.4 Å². The number of halogens is 1. The van der Waals surface area contributed by atoms with Gasteiger partial charge in [0.25, 0.3) is 18.1 Å². The van der Waals surface area contributed by atoms with Crippen LogP contribution in [-0.2, 0) is 13.1 Å². The molecule has 2 heterocycles. The Morgan fingerprint density at radius 2 is 1.22 bits per heavy atom. The molecule has 4 aromatic carbocycles. The number of aromatic carboxylic acids is 1. The van der Waals surface area contributed by atoms with E-state index in [0.29, 0.717) is 46.8 Å². The summed E-state index contributed by atoms with van der Waals surface area (Å²) in [4.78, 5) is 42.2. The molecular weight excluding hydrogens is 663 g/mol. The molecule has 50 heavy (non-hydrogen) atoms. The molecule has 4 aromatic rings. The largest absolute Gasteiger partial charge is 1.00 e. The average molecular weight is 699 g/mol. The predicted molar refractivity (Wildman–Crippen MR) is 182 cm³/mol. The number of hydrogen-bond donors (Lipinski definition) is 0. The van der Waals surface area contributed by atoms with E-state index >= 15 is 0 Å². The molecule has 2 aliphatic carbocycles. The van der Waals surface area contributed by atoms with E-state index in [9.17, 15) is 19.5 Å². The van der Waals surface area contributed by atoms with Crippen molar-refractivity contribution in [2.45, 2.75) is 82.8 Å². The molecule has 0 bridgehead atoms. The molecule has 8 nitrogen and oxygen atoms in total. The zero-order valence-electron chi connectivity index (χ0n) is 28.0. The minimum atomic E-state index is -1.35. The molecule has 2 fully saturated rings. The summed E-state index contributed by atoms with van der Waals surface area (Å²) in [6.45, 7) is 1.12. The van der Waals surface area contributed by atoms with Crippen LogP contribution in [0.25, 0.3) is 11.1 Å². The third-order valence-electron chi connectivity index (χ3n) is 10.5. The summed E-state index contributed by atoms with van der Waals surface area (Å²) in [7, 11) is 0. The molecule has 0 N–H and O–H groups in total. The Bertz CT molecular complexity index is 1880. The van der Waals surface area contributed by atoms with E-state index < -0.39 is 12.3 Å². The van der Waals surface area contributed by atoms with E-state index in [-0.39, 0.29) is 64.0 Å². The summed E-state index contributed by atoms with van der Waals surface area (Å²) in [6, 6.07) is 24.0. The molecule has 250 valence electrons. The number of rotatable bonds is 9. The van der Waals surface area contributed by atoms with Gasteiger partial charge in [0.15, 0.2) is 0 Å². The number of fused-ring (bicyclic) bond motifs is 2. The van der Waals surface area contributed by atoms with Crippen LogP contribution in [0.2, 0.25) is 5.02 Å². The number of carbonyl (C=O) groups excluding carboxylic acids is 3. The monoisotopic (exact) mass is 698 g/mol. The maximum atomic E-state index is 13.2. The molecular formula is C40H36ClN2NaO6. The molecule has 0 unspecified atom stereocenters. The smallest absolute Gasteiger partial charge is 0.545 e. The molecule has 2 saturated carbocycles. The molecule has 10 heteroatoms. The van der Waals surface area contributed by atoms with Crippen molar-refractivity contribution in [1.29, 1.82) is 0 Å². The maximum Gasteiger partial charge on any atom is 1.00 e. The summed E-state index contributed by atoms with van der Waals surface area (Å²) >= 11 is 6.12. The van der Waals surface area contributed by atoms with Crippen LogP contribution in [0.3, 0.4) is 0 Å². The first-order chi connectivity index (χ1) is 23.8. The van der Waals surface area contributed by atoms with E-state index in [2.05, 4.69) is 0 Å².